The van der Waals surface area contributed by atoms with E-state index in [0.29, 0.717) is 17.7 Å². The standard InChI is InChI=1S/C24H26N2O2/c1-24(2)13-21(27)18-10-9-16(12-22(18)28-24)17-7-4-8-20-19(17)14-25-23(26-20)11-15-5-3-6-15/h7,9-10,12,14-15H,3-6,8,11,13H2,1-2H3. The highest BCUT2D eigenvalue weighted by Crippen LogP contribution is 2.38. The Morgan fingerprint density at radius 2 is 2.07 bits per heavy atom. The lowest BCUT2D eigenvalue weighted by Crippen LogP contribution is -2.35. The van der Waals surface area contributed by atoms with Gasteiger partial charge in [-0.25, -0.2) is 9.97 Å². The number of aromatic nitrogens is 2. The van der Waals surface area contributed by atoms with E-state index in [2.05, 4.69) is 11.1 Å². The van der Waals surface area contributed by atoms with Crippen molar-refractivity contribution < 1.29 is 9.53 Å². The van der Waals surface area contributed by atoms with Crippen molar-refractivity contribution in [2.75, 3.05) is 0 Å². The molecule has 4 nitrogen and oxygen atoms in total. The van der Waals surface area contributed by atoms with Crippen molar-refractivity contribution in [2.45, 2.75) is 64.4 Å². The molecule has 0 amide bonds. The highest BCUT2D eigenvalue weighted by Gasteiger charge is 2.33. The van der Waals surface area contributed by atoms with Crippen LogP contribution in [0.1, 0.15) is 79.0 Å². The summed E-state index contributed by atoms with van der Waals surface area (Å²) in [4.78, 5) is 22.0. The number of Topliss-reactive ketones (excluding diaryl/α,β-unsaturated/α-hetero) is 1. The number of nitrogens with zero attached hydrogens (tertiary/aromatic N) is 2. The van der Waals surface area contributed by atoms with Gasteiger partial charge in [0.2, 0.25) is 0 Å². The third kappa shape index (κ3) is 3.15. The Morgan fingerprint density at radius 3 is 2.86 bits per heavy atom. The molecule has 1 aromatic heterocycles. The van der Waals surface area contributed by atoms with Crippen LogP contribution in [-0.4, -0.2) is 21.4 Å². The molecule has 0 spiro atoms. The van der Waals surface area contributed by atoms with Gasteiger partial charge < -0.3 is 4.74 Å². The van der Waals surface area contributed by atoms with Gasteiger partial charge in [0.05, 0.1) is 17.7 Å². The number of ether oxygens (including phenoxy) is 1. The van der Waals surface area contributed by atoms with E-state index in [4.69, 9.17) is 9.72 Å². The zero-order valence-electron chi connectivity index (χ0n) is 16.6. The minimum atomic E-state index is -0.457. The van der Waals surface area contributed by atoms with Crippen LogP contribution in [0.25, 0.3) is 5.57 Å². The van der Waals surface area contributed by atoms with Crippen molar-refractivity contribution in [3.63, 3.8) is 0 Å². The predicted molar refractivity (Wildman–Crippen MR) is 109 cm³/mol. The van der Waals surface area contributed by atoms with Crippen molar-refractivity contribution in [2.24, 2.45) is 5.92 Å². The van der Waals surface area contributed by atoms with Crippen molar-refractivity contribution in [3.8, 4) is 5.75 Å². The summed E-state index contributed by atoms with van der Waals surface area (Å²) < 4.78 is 6.11. The van der Waals surface area contributed by atoms with Gasteiger partial charge >= 0.3 is 0 Å². The van der Waals surface area contributed by atoms with Crippen LogP contribution in [-0.2, 0) is 12.8 Å². The Bertz CT molecular complexity index is 986. The lowest BCUT2D eigenvalue weighted by atomic mass is 9.82. The predicted octanol–water partition coefficient (Wildman–Crippen LogP) is 4.94. The number of carbonyl (C=O) groups is 1. The Balaban J connectivity index is 1.48. The van der Waals surface area contributed by atoms with E-state index in [9.17, 15) is 4.79 Å². The molecule has 0 N–H and O–H groups in total. The molecule has 0 atom stereocenters. The molecule has 1 saturated carbocycles. The summed E-state index contributed by atoms with van der Waals surface area (Å²) in [6, 6.07) is 5.95. The van der Waals surface area contributed by atoms with Gasteiger partial charge in [-0.1, -0.05) is 31.4 Å². The van der Waals surface area contributed by atoms with Crippen LogP contribution in [0.4, 0.5) is 0 Å². The van der Waals surface area contributed by atoms with Gasteiger partial charge in [0, 0.05) is 18.2 Å². The summed E-state index contributed by atoms with van der Waals surface area (Å²) in [5, 5.41) is 0. The van der Waals surface area contributed by atoms with Gasteiger partial charge in [-0.15, -0.1) is 0 Å². The Morgan fingerprint density at radius 1 is 1.21 bits per heavy atom. The normalized spacial score (nSPS) is 20.5. The average Bonchev–Trinajstić information content (AvgIpc) is 2.62. The first kappa shape index (κ1) is 17.6. The molecule has 1 aromatic carbocycles. The van der Waals surface area contributed by atoms with E-state index >= 15 is 0 Å². The minimum absolute atomic E-state index is 0.153. The first-order valence-electron chi connectivity index (χ1n) is 10.4. The summed E-state index contributed by atoms with van der Waals surface area (Å²) in [6.07, 6.45) is 11.6. The fourth-order valence-corrected chi connectivity index (χ4v) is 4.48. The summed E-state index contributed by atoms with van der Waals surface area (Å²) >= 11 is 0. The van der Waals surface area contributed by atoms with E-state index in [1.165, 1.54) is 19.3 Å². The second-order valence-corrected chi connectivity index (χ2v) is 8.98. The number of benzene rings is 1. The SMILES string of the molecule is CC1(C)CC(=O)c2ccc(C3=CCCc4nc(CC5CCC5)ncc43)cc2O1. The summed E-state index contributed by atoms with van der Waals surface area (Å²) in [5.74, 6) is 2.61. The number of rotatable bonds is 3. The number of fused-ring (bicyclic) bond motifs is 2. The molecule has 1 aliphatic heterocycles. The monoisotopic (exact) mass is 374 g/mol. The Hall–Kier alpha value is -2.49. The first-order chi connectivity index (χ1) is 13.5. The van der Waals surface area contributed by atoms with Gasteiger partial charge in [-0.3, -0.25) is 4.79 Å². The van der Waals surface area contributed by atoms with Crippen LogP contribution in [0.5, 0.6) is 5.75 Å². The molecule has 0 saturated heterocycles. The largest absolute Gasteiger partial charge is 0.487 e. The maximum Gasteiger partial charge on any atom is 0.170 e. The Kier molecular flexibility index (Phi) is 4.11. The van der Waals surface area contributed by atoms with Gasteiger partial charge in [0.1, 0.15) is 17.2 Å². The number of allylic oxidation sites excluding steroid dienone is 1. The van der Waals surface area contributed by atoms with E-state index in [0.717, 1.165) is 53.4 Å². The summed E-state index contributed by atoms with van der Waals surface area (Å²) in [7, 11) is 0. The summed E-state index contributed by atoms with van der Waals surface area (Å²) in [6.45, 7) is 3.93. The second-order valence-electron chi connectivity index (χ2n) is 8.98. The molecule has 2 heterocycles. The van der Waals surface area contributed by atoms with Crippen LogP contribution >= 0.6 is 0 Å². The number of carbonyl (C=O) groups excluding carboxylic acids is 1. The smallest absolute Gasteiger partial charge is 0.170 e. The quantitative estimate of drug-likeness (QED) is 0.763. The molecule has 2 aliphatic carbocycles. The van der Waals surface area contributed by atoms with E-state index in [-0.39, 0.29) is 5.78 Å². The lowest BCUT2D eigenvalue weighted by molar-refractivity contribution is 0.0620. The second kappa shape index (κ2) is 6.54. The van der Waals surface area contributed by atoms with Crippen LogP contribution in [0.3, 0.4) is 0 Å². The van der Waals surface area contributed by atoms with Crippen molar-refractivity contribution in [1.29, 1.82) is 0 Å². The van der Waals surface area contributed by atoms with Crippen LogP contribution in [0.15, 0.2) is 30.5 Å². The van der Waals surface area contributed by atoms with E-state index in [1.54, 1.807) is 0 Å². The first-order valence-corrected chi connectivity index (χ1v) is 10.4. The van der Waals surface area contributed by atoms with Gasteiger partial charge in [-0.05, 0) is 55.9 Å². The van der Waals surface area contributed by atoms with Gasteiger partial charge in [-0.2, -0.15) is 0 Å². The third-order valence-electron chi connectivity index (χ3n) is 6.20. The number of hydrogen-bond acceptors (Lipinski definition) is 4. The number of hydrogen-bond donors (Lipinski definition) is 0. The van der Waals surface area contributed by atoms with Crippen molar-refractivity contribution in [1.82, 2.24) is 9.97 Å². The highest BCUT2D eigenvalue weighted by atomic mass is 16.5. The molecule has 0 unspecified atom stereocenters. The topological polar surface area (TPSA) is 52.1 Å². The van der Waals surface area contributed by atoms with Crippen LogP contribution < -0.4 is 4.74 Å². The Labute approximate surface area is 166 Å². The number of aryl methyl sites for hydroxylation is 1. The van der Waals surface area contributed by atoms with Crippen LogP contribution in [0.2, 0.25) is 0 Å². The lowest BCUT2D eigenvalue weighted by Gasteiger charge is -2.32. The molecule has 5 rings (SSSR count). The molecule has 0 bridgehead atoms. The third-order valence-corrected chi connectivity index (χ3v) is 6.20. The maximum absolute atomic E-state index is 12.4. The van der Waals surface area contributed by atoms with E-state index in [1.807, 2.05) is 38.2 Å². The zero-order valence-corrected chi connectivity index (χ0v) is 16.6. The fraction of sp³-hybridized carbons (Fsp3) is 0.458. The van der Waals surface area contributed by atoms with Crippen LogP contribution in [0, 0.1) is 5.92 Å². The molecule has 2 aromatic rings. The molecule has 28 heavy (non-hydrogen) atoms. The molecule has 3 aliphatic rings. The van der Waals surface area contributed by atoms with Crippen molar-refractivity contribution in [3.05, 3.63) is 58.7 Å². The van der Waals surface area contributed by atoms with Gasteiger partial charge in [0.15, 0.2) is 5.78 Å². The molecule has 144 valence electrons. The molecule has 1 fully saturated rings. The highest BCUT2D eigenvalue weighted by molar-refractivity contribution is 6.01. The molecule has 4 heteroatoms. The fourth-order valence-electron chi connectivity index (χ4n) is 4.48. The number of ketones is 1. The minimum Gasteiger partial charge on any atom is -0.487 e. The summed E-state index contributed by atoms with van der Waals surface area (Å²) in [5.41, 5.74) is 4.72. The molecular formula is C24H26N2O2. The molecular weight excluding hydrogens is 348 g/mol. The average molecular weight is 374 g/mol. The molecule has 0 radical (unpaired) electrons. The van der Waals surface area contributed by atoms with Crippen molar-refractivity contribution >= 4 is 11.4 Å². The maximum atomic E-state index is 12.4. The zero-order chi connectivity index (χ0) is 19.3. The van der Waals surface area contributed by atoms with Gasteiger partial charge in [0.25, 0.3) is 0 Å². The van der Waals surface area contributed by atoms with E-state index < -0.39 is 5.60 Å².